The molecule has 2 aromatic carbocycles. The van der Waals surface area contributed by atoms with E-state index < -0.39 is 23.7 Å². The fourth-order valence-electron chi connectivity index (χ4n) is 4.54. The van der Waals surface area contributed by atoms with Gasteiger partial charge in [0.05, 0.1) is 44.7 Å². The van der Waals surface area contributed by atoms with Crippen LogP contribution >= 0.6 is 11.3 Å². The van der Waals surface area contributed by atoms with Gasteiger partial charge < -0.3 is 24.1 Å². The third kappa shape index (κ3) is 5.12. The van der Waals surface area contributed by atoms with Crippen LogP contribution in [-0.4, -0.2) is 55.2 Å². The number of ketones is 1. The molecule has 10 nitrogen and oxygen atoms in total. The maximum atomic E-state index is 13.6. The van der Waals surface area contributed by atoms with Crippen molar-refractivity contribution in [1.82, 2.24) is 4.98 Å². The van der Waals surface area contributed by atoms with E-state index in [9.17, 15) is 19.5 Å². The normalized spacial score (nSPS) is 16.2. The Balaban J connectivity index is 1.95. The minimum absolute atomic E-state index is 0.116. The van der Waals surface area contributed by atoms with E-state index in [0.717, 1.165) is 11.3 Å². The van der Waals surface area contributed by atoms with Crippen molar-refractivity contribution in [2.45, 2.75) is 33.7 Å². The van der Waals surface area contributed by atoms with Crippen LogP contribution in [0.3, 0.4) is 0 Å². The second kappa shape index (κ2) is 11.8. The van der Waals surface area contributed by atoms with Crippen LogP contribution in [0, 0.1) is 13.8 Å². The van der Waals surface area contributed by atoms with Crippen molar-refractivity contribution in [2.75, 3.05) is 32.3 Å². The molecule has 1 saturated heterocycles. The predicted octanol–water partition coefficient (Wildman–Crippen LogP) is 4.98. The summed E-state index contributed by atoms with van der Waals surface area (Å²) in [6.45, 7) is 7.58. The van der Waals surface area contributed by atoms with Crippen LogP contribution in [0.4, 0.5) is 5.13 Å². The van der Waals surface area contributed by atoms with E-state index in [1.165, 1.54) is 19.1 Å². The molecule has 210 valence electrons. The predicted molar refractivity (Wildman–Crippen MR) is 149 cm³/mol. The molecule has 1 aliphatic heterocycles. The Morgan fingerprint density at radius 1 is 1.02 bits per heavy atom. The molecular formula is C29H30N2O8S. The van der Waals surface area contributed by atoms with Crippen LogP contribution in [0.25, 0.3) is 5.76 Å². The molecule has 1 amide bonds. The summed E-state index contributed by atoms with van der Waals surface area (Å²) in [7, 11) is 2.96. The number of anilines is 1. The molecule has 1 fully saturated rings. The number of aromatic nitrogens is 1. The molecule has 0 aliphatic carbocycles. The van der Waals surface area contributed by atoms with Crippen molar-refractivity contribution in [3.63, 3.8) is 0 Å². The number of thiazole rings is 1. The van der Waals surface area contributed by atoms with Gasteiger partial charge in [-0.1, -0.05) is 17.4 Å². The van der Waals surface area contributed by atoms with Crippen molar-refractivity contribution in [1.29, 1.82) is 0 Å². The van der Waals surface area contributed by atoms with Gasteiger partial charge in [-0.05, 0) is 69.2 Å². The number of esters is 1. The zero-order chi connectivity index (χ0) is 29.1. The van der Waals surface area contributed by atoms with Crippen molar-refractivity contribution in [2.24, 2.45) is 0 Å². The lowest BCUT2D eigenvalue weighted by Crippen LogP contribution is -2.29. The highest BCUT2D eigenvalue weighted by Crippen LogP contribution is 2.46. The second-order valence-corrected chi connectivity index (χ2v) is 9.80. The monoisotopic (exact) mass is 566 g/mol. The number of aliphatic hydroxyl groups is 1. The summed E-state index contributed by atoms with van der Waals surface area (Å²) in [5, 5.41) is 11.7. The van der Waals surface area contributed by atoms with E-state index in [-0.39, 0.29) is 27.9 Å². The fourth-order valence-corrected chi connectivity index (χ4v) is 5.53. The van der Waals surface area contributed by atoms with Gasteiger partial charge in [-0.25, -0.2) is 9.78 Å². The molecule has 1 aromatic heterocycles. The summed E-state index contributed by atoms with van der Waals surface area (Å²) in [5.74, 6) is -1.29. The number of aliphatic hydroxyl groups excluding tert-OH is 1. The zero-order valence-corrected chi connectivity index (χ0v) is 23.9. The highest BCUT2D eigenvalue weighted by atomic mass is 32.1. The quantitative estimate of drug-likeness (QED) is 0.165. The number of amides is 1. The van der Waals surface area contributed by atoms with Crippen molar-refractivity contribution in [3.8, 4) is 17.2 Å². The third-order valence-corrected chi connectivity index (χ3v) is 7.52. The first kappa shape index (κ1) is 28.6. The standard InChI is InChI=1S/C29H30N2O8S/c1-7-38-18-10-11-19(15(3)13-18)24(32)22-23(17-9-12-20(36-5)21(14-17)37-6)31(27(34)25(22)33)29-30-16(4)26(40-29)28(35)39-8-2/h9-14,23,32H,7-8H2,1-6H3/b24-22+. The number of benzene rings is 2. The smallest absolute Gasteiger partial charge is 0.350 e. The van der Waals surface area contributed by atoms with Crippen LogP contribution in [0.2, 0.25) is 0 Å². The summed E-state index contributed by atoms with van der Waals surface area (Å²) in [5.41, 5.74) is 1.71. The fraction of sp³-hybridized carbons (Fsp3) is 0.310. The lowest BCUT2D eigenvalue weighted by atomic mass is 9.93. The molecular weight excluding hydrogens is 536 g/mol. The Morgan fingerprint density at radius 2 is 1.75 bits per heavy atom. The molecule has 1 atom stereocenters. The zero-order valence-electron chi connectivity index (χ0n) is 23.1. The number of ether oxygens (including phenoxy) is 4. The number of aryl methyl sites for hydroxylation is 2. The average Bonchev–Trinajstić information content (AvgIpc) is 3.44. The molecule has 4 rings (SSSR count). The maximum Gasteiger partial charge on any atom is 0.350 e. The van der Waals surface area contributed by atoms with Crippen LogP contribution in [-0.2, 0) is 14.3 Å². The Kier molecular flexibility index (Phi) is 8.43. The van der Waals surface area contributed by atoms with Gasteiger partial charge in [0.25, 0.3) is 5.78 Å². The van der Waals surface area contributed by atoms with Crippen molar-refractivity contribution in [3.05, 3.63) is 69.2 Å². The average molecular weight is 567 g/mol. The number of Topliss-reactive ketones (excluding diaryl/α,β-unsaturated/α-hetero) is 1. The molecule has 1 N–H and O–H groups in total. The molecule has 11 heteroatoms. The van der Waals surface area contributed by atoms with Gasteiger partial charge >= 0.3 is 11.9 Å². The number of hydrogen-bond acceptors (Lipinski definition) is 10. The molecule has 0 radical (unpaired) electrons. The molecule has 1 aliphatic rings. The molecule has 40 heavy (non-hydrogen) atoms. The first-order valence-electron chi connectivity index (χ1n) is 12.6. The summed E-state index contributed by atoms with van der Waals surface area (Å²) >= 11 is 0.937. The van der Waals surface area contributed by atoms with Gasteiger partial charge in [0.2, 0.25) is 0 Å². The lowest BCUT2D eigenvalue weighted by Gasteiger charge is -2.24. The van der Waals surface area contributed by atoms with Gasteiger partial charge in [0.1, 0.15) is 16.4 Å². The van der Waals surface area contributed by atoms with Crippen LogP contribution < -0.4 is 19.1 Å². The summed E-state index contributed by atoms with van der Waals surface area (Å²) < 4.78 is 21.5. The van der Waals surface area contributed by atoms with Crippen LogP contribution in [0.15, 0.2) is 42.0 Å². The molecule has 2 heterocycles. The molecule has 3 aromatic rings. The van der Waals surface area contributed by atoms with Gasteiger partial charge in [0.15, 0.2) is 16.6 Å². The van der Waals surface area contributed by atoms with E-state index in [1.54, 1.807) is 57.2 Å². The first-order valence-corrected chi connectivity index (χ1v) is 13.4. The van der Waals surface area contributed by atoms with Gasteiger partial charge in [-0.2, -0.15) is 0 Å². The number of carbonyl (C=O) groups is 3. The second-order valence-electron chi connectivity index (χ2n) is 8.82. The van der Waals surface area contributed by atoms with E-state index in [2.05, 4.69) is 4.98 Å². The number of carbonyl (C=O) groups excluding carboxylic acids is 3. The first-order chi connectivity index (χ1) is 19.2. The number of methoxy groups -OCH3 is 2. The molecule has 0 spiro atoms. The minimum Gasteiger partial charge on any atom is -0.507 e. The van der Waals surface area contributed by atoms with E-state index in [4.69, 9.17) is 18.9 Å². The molecule has 0 saturated carbocycles. The highest BCUT2D eigenvalue weighted by molar-refractivity contribution is 7.17. The van der Waals surface area contributed by atoms with Gasteiger partial charge in [-0.3, -0.25) is 14.5 Å². The summed E-state index contributed by atoms with van der Waals surface area (Å²) in [6.07, 6.45) is 0. The van der Waals surface area contributed by atoms with Gasteiger partial charge in [0, 0.05) is 5.56 Å². The van der Waals surface area contributed by atoms with E-state index in [0.29, 0.717) is 46.2 Å². The molecule has 1 unspecified atom stereocenters. The van der Waals surface area contributed by atoms with Gasteiger partial charge in [-0.15, -0.1) is 0 Å². The Bertz CT molecular complexity index is 1510. The van der Waals surface area contributed by atoms with Crippen molar-refractivity contribution < 1.29 is 38.4 Å². The van der Waals surface area contributed by atoms with Crippen LogP contribution in [0.5, 0.6) is 17.2 Å². The molecule has 0 bridgehead atoms. The van der Waals surface area contributed by atoms with Crippen LogP contribution in [0.1, 0.15) is 51.9 Å². The number of nitrogens with zero attached hydrogens (tertiary/aromatic N) is 2. The largest absolute Gasteiger partial charge is 0.507 e. The number of rotatable bonds is 9. The SMILES string of the molecule is CCOC(=O)c1sc(N2C(=O)C(=O)/C(=C(/O)c3ccc(OCC)cc3C)C2c2ccc(OC)c(OC)c2)nc1C. The summed E-state index contributed by atoms with van der Waals surface area (Å²) in [4.78, 5) is 45.5. The highest BCUT2D eigenvalue weighted by Gasteiger charge is 2.48. The maximum absolute atomic E-state index is 13.6. The Labute approximate surface area is 235 Å². The Morgan fingerprint density at radius 3 is 2.38 bits per heavy atom. The lowest BCUT2D eigenvalue weighted by molar-refractivity contribution is -0.132. The van der Waals surface area contributed by atoms with Crippen molar-refractivity contribution >= 4 is 39.9 Å². The third-order valence-electron chi connectivity index (χ3n) is 6.38. The Hall–Kier alpha value is -4.38. The topological polar surface area (TPSA) is 124 Å². The van der Waals surface area contributed by atoms with E-state index in [1.807, 2.05) is 6.92 Å². The van der Waals surface area contributed by atoms with E-state index >= 15 is 0 Å². The number of hydrogen-bond donors (Lipinski definition) is 1. The summed E-state index contributed by atoms with van der Waals surface area (Å²) in [6, 6.07) is 8.95. The minimum atomic E-state index is -1.08.